The van der Waals surface area contributed by atoms with Gasteiger partial charge in [0.15, 0.2) is 11.4 Å². The minimum Gasteiger partial charge on any atom is -0.360 e. The standard InChI is InChI=1S/C18H23N5O3S/c1-4-6-16-20-15-7-5-9-19-18(15)23(16)14-8-10-22(11-14)27(24,25)17-12(2)21-26-13(17)3/h5,7,9,14H,4,6,8,10-11H2,1-3H3/t14-/m1/s1. The average molecular weight is 389 g/mol. The third-order valence-electron chi connectivity index (χ3n) is 5.05. The van der Waals surface area contributed by atoms with Gasteiger partial charge >= 0.3 is 0 Å². The highest BCUT2D eigenvalue weighted by atomic mass is 32.2. The number of aromatic nitrogens is 4. The zero-order valence-electron chi connectivity index (χ0n) is 15.7. The Hall–Kier alpha value is -2.26. The van der Waals surface area contributed by atoms with E-state index in [0.717, 1.165) is 36.3 Å². The summed E-state index contributed by atoms with van der Waals surface area (Å²) in [5.74, 6) is 1.30. The second kappa shape index (κ2) is 6.72. The van der Waals surface area contributed by atoms with Gasteiger partial charge in [-0.3, -0.25) is 0 Å². The van der Waals surface area contributed by atoms with Crippen LogP contribution in [0.1, 0.15) is 43.1 Å². The van der Waals surface area contributed by atoms with Gasteiger partial charge < -0.3 is 9.09 Å². The van der Waals surface area contributed by atoms with Crippen molar-refractivity contribution in [3.63, 3.8) is 0 Å². The number of fused-ring (bicyclic) bond motifs is 1. The number of aryl methyl sites for hydroxylation is 3. The van der Waals surface area contributed by atoms with Crippen LogP contribution in [0, 0.1) is 13.8 Å². The lowest BCUT2D eigenvalue weighted by Gasteiger charge is -2.18. The molecule has 1 aliphatic rings. The van der Waals surface area contributed by atoms with E-state index in [1.165, 1.54) is 4.31 Å². The fourth-order valence-electron chi connectivity index (χ4n) is 3.87. The largest absolute Gasteiger partial charge is 0.360 e. The molecule has 0 aromatic carbocycles. The van der Waals surface area contributed by atoms with E-state index in [4.69, 9.17) is 9.51 Å². The molecule has 1 saturated heterocycles. The summed E-state index contributed by atoms with van der Waals surface area (Å²) in [6, 6.07) is 3.84. The monoisotopic (exact) mass is 389 g/mol. The summed E-state index contributed by atoms with van der Waals surface area (Å²) in [5, 5.41) is 3.80. The van der Waals surface area contributed by atoms with E-state index in [1.807, 2.05) is 12.1 Å². The Kier molecular flexibility index (Phi) is 4.51. The Morgan fingerprint density at radius 3 is 2.85 bits per heavy atom. The Morgan fingerprint density at radius 1 is 1.33 bits per heavy atom. The van der Waals surface area contributed by atoms with E-state index < -0.39 is 10.0 Å². The highest BCUT2D eigenvalue weighted by molar-refractivity contribution is 7.89. The van der Waals surface area contributed by atoms with Crippen LogP contribution < -0.4 is 0 Å². The zero-order chi connectivity index (χ0) is 19.2. The van der Waals surface area contributed by atoms with E-state index >= 15 is 0 Å². The highest BCUT2D eigenvalue weighted by Gasteiger charge is 2.37. The van der Waals surface area contributed by atoms with Crippen molar-refractivity contribution < 1.29 is 12.9 Å². The fraction of sp³-hybridized carbons (Fsp3) is 0.500. The molecule has 1 atom stereocenters. The molecule has 0 unspecified atom stereocenters. The van der Waals surface area contributed by atoms with Crippen LogP contribution in [0.4, 0.5) is 0 Å². The quantitative estimate of drug-likeness (QED) is 0.666. The van der Waals surface area contributed by atoms with Gasteiger partial charge in [-0.2, -0.15) is 4.31 Å². The van der Waals surface area contributed by atoms with Crippen LogP contribution in [0.5, 0.6) is 0 Å². The van der Waals surface area contributed by atoms with Gasteiger partial charge in [-0.1, -0.05) is 12.1 Å². The maximum atomic E-state index is 13.1. The highest BCUT2D eigenvalue weighted by Crippen LogP contribution is 2.32. The zero-order valence-corrected chi connectivity index (χ0v) is 16.5. The molecule has 1 aliphatic heterocycles. The van der Waals surface area contributed by atoms with E-state index in [1.54, 1.807) is 20.0 Å². The van der Waals surface area contributed by atoms with Gasteiger partial charge in [0.25, 0.3) is 0 Å². The SMILES string of the molecule is CCCc1nc2cccnc2n1[C@@H]1CCN(S(=O)(=O)c2c(C)noc2C)C1. The molecule has 4 rings (SSSR count). The number of hydrogen-bond donors (Lipinski definition) is 0. The van der Waals surface area contributed by atoms with Gasteiger partial charge in [0, 0.05) is 25.7 Å². The first-order valence-corrected chi connectivity index (χ1v) is 10.6. The van der Waals surface area contributed by atoms with Gasteiger partial charge in [-0.15, -0.1) is 0 Å². The first kappa shape index (κ1) is 18.1. The van der Waals surface area contributed by atoms with Crippen molar-refractivity contribution in [2.75, 3.05) is 13.1 Å². The summed E-state index contributed by atoms with van der Waals surface area (Å²) in [6.45, 7) is 6.25. The Bertz CT molecular complexity index is 1070. The Morgan fingerprint density at radius 2 is 2.15 bits per heavy atom. The van der Waals surface area contributed by atoms with Crippen LogP contribution in [0.3, 0.4) is 0 Å². The van der Waals surface area contributed by atoms with Gasteiger partial charge in [0.1, 0.15) is 21.9 Å². The minimum atomic E-state index is -3.64. The predicted octanol–water partition coefficient (Wildman–Crippen LogP) is 2.62. The summed E-state index contributed by atoms with van der Waals surface area (Å²) < 4.78 is 34.9. The number of hydrogen-bond acceptors (Lipinski definition) is 6. The van der Waals surface area contributed by atoms with Gasteiger partial charge in [0.2, 0.25) is 10.0 Å². The molecular formula is C18H23N5O3S. The van der Waals surface area contributed by atoms with Crippen molar-refractivity contribution in [1.82, 2.24) is 24.0 Å². The van der Waals surface area contributed by atoms with Crippen molar-refractivity contribution in [3.05, 3.63) is 35.6 Å². The molecule has 0 bridgehead atoms. The maximum absolute atomic E-state index is 13.1. The third kappa shape index (κ3) is 2.94. The molecule has 0 radical (unpaired) electrons. The van der Waals surface area contributed by atoms with Crippen LogP contribution in [-0.2, 0) is 16.4 Å². The van der Waals surface area contributed by atoms with Gasteiger partial charge in [-0.05, 0) is 38.8 Å². The fourth-order valence-corrected chi connectivity index (χ4v) is 5.66. The lowest BCUT2D eigenvalue weighted by Crippen LogP contribution is -2.30. The van der Waals surface area contributed by atoms with E-state index in [2.05, 4.69) is 21.6 Å². The third-order valence-corrected chi connectivity index (χ3v) is 7.16. The van der Waals surface area contributed by atoms with Crippen molar-refractivity contribution >= 4 is 21.2 Å². The molecule has 0 aliphatic carbocycles. The number of nitrogens with zero attached hydrogens (tertiary/aromatic N) is 5. The van der Waals surface area contributed by atoms with Crippen LogP contribution in [0.15, 0.2) is 27.7 Å². The lowest BCUT2D eigenvalue weighted by molar-refractivity contribution is 0.389. The number of rotatable bonds is 5. The van der Waals surface area contributed by atoms with Gasteiger partial charge in [0.05, 0.1) is 6.04 Å². The lowest BCUT2D eigenvalue weighted by atomic mass is 10.2. The first-order chi connectivity index (χ1) is 12.9. The normalized spacial score (nSPS) is 18.6. The van der Waals surface area contributed by atoms with Crippen LogP contribution in [0.2, 0.25) is 0 Å². The maximum Gasteiger partial charge on any atom is 0.248 e. The number of imidazole rings is 1. The number of pyridine rings is 1. The second-order valence-electron chi connectivity index (χ2n) is 6.95. The van der Waals surface area contributed by atoms with E-state index in [0.29, 0.717) is 24.5 Å². The average Bonchev–Trinajstić information content (AvgIpc) is 3.32. The molecule has 0 saturated carbocycles. The first-order valence-electron chi connectivity index (χ1n) is 9.18. The van der Waals surface area contributed by atoms with Crippen molar-refractivity contribution in [1.29, 1.82) is 0 Å². The summed E-state index contributed by atoms with van der Waals surface area (Å²) in [5.41, 5.74) is 2.08. The molecule has 8 nitrogen and oxygen atoms in total. The molecule has 0 N–H and O–H groups in total. The molecule has 3 aromatic heterocycles. The van der Waals surface area contributed by atoms with E-state index in [9.17, 15) is 8.42 Å². The van der Waals surface area contributed by atoms with Crippen LogP contribution in [-0.4, -0.2) is 45.5 Å². The predicted molar refractivity (Wildman–Crippen MR) is 99.9 cm³/mol. The molecule has 9 heteroatoms. The molecule has 0 spiro atoms. The molecule has 4 heterocycles. The van der Waals surface area contributed by atoms with Crippen LogP contribution in [0.25, 0.3) is 11.2 Å². The molecule has 144 valence electrons. The Balaban J connectivity index is 1.69. The Labute approximate surface area is 158 Å². The van der Waals surface area contributed by atoms with Crippen LogP contribution >= 0.6 is 0 Å². The number of sulfonamides is 1. The summed E-state index contributed by atoms with van der Waals surface area (Å²) >= 11 is 0. The van der Waals surface area contributed by atoms with Crippen molar-refractivity contribution in [2.45, 2.75) is 51.0 Å². The molecule has 3 aromatic rings. The second-order valence-corrected chi connectivity index (χ2v) is 8.83. The molecule has 0 amide bonds. The molecule has 1 fully saturated rings. The summed E-state index contributed by atoms with van der Waals surface area (Å²) in [7, 11) is -3.64. The molecule has 27 heavy (non-hydrogen) atoms. The molecular weight excluding hydrogens is 366 g/mol. The summed E-state index contributed by atoms with van der Waals surface area (Å²) in [6.07, 6.45) is 4.28. The van der Waals surface area contributed by atoms with Gasteiger partial charge in [-0.25, -0.2) is 18.4 Å². The topological polar surface area (TPSA) is 94.1 Å². The van der Waals surface area contributed by atoms with Crippen molar-refractivity contribution in [3.8, 4) is 0 Å². The summed E-state index contributed by atoms with van der Waals surface area (Å²) in [4.78, 5) is 9.41. The van der Waals surface area contributed by atoms with Crippen molar-refractivity contribution in [2.24, 2.45) is 0 Å². The smallest absolute Gasteiger partial charge is 0.248 e. The minimum absolute atomic E-state index is 0.0155. The van der Waals surface area contributed by atoms with E-state index in [-0.39, 0.29) is 10.9 Å².